The van der Waals surface area contributed by atoms with Crippen LogP contribution >= 0.6 is 0 Å². The number of benzene rings is 5. The number of hydrogen-bond acceptors (Lipinski definition) is 2. The van der Waals surface area contributed by atoms with Gasteiger partial charge in [-0.05, 0) is 23.6 Å². The Morgan fingerprint density at radius 3 is 1.94 bits per heavy atom. The lowest BCUT2D eigenvalue weighted by atomic mass is 10.0. The number of aromatic nitrogens is 2. The minimum atomic E-state index is 0.702. The normalized spacial score (nSPS) is 11.1. The van der Waals surface area contributed by atoms with Crippen LogP contribution < -0.4 is 5.73 Å². The molecule has 0 spiro atoms. The van der Waals surface area contributed by atoms with Crippen LogP contribution in [0.5, 0.6) is 0 Å². The van der Waals surface area contributed by atoms with Crippen LogP contribution in [-0.4, -0.2) is 9.55 Å². The summed E-state index contributed by atoms with van der Waals surface area (Å²) in [4.78, 5) is 5.25. The first-order chi connectivity index (χ1) is 16.8. The van der Waals surface area contributed by atoms with Crippen LogP contribution in [0.15, 0.2) is 127 Å². The van der Waals surface area contributed by atoms with Crippen molar-refractivity contribution in [2.75, 3.05) is 5.73 Å². The fraction of sp³-hybridized carbons (Fsp3) is 0. The summed E-state index contributed by atoms with van der Waals surface area (Å²) in [6, 6.07) is 43.7. The number of para-hydroxylation sites is 1. The van der Waals surface area contributed by atoms with Gasteiger partial charge in [0.2, 0.25) is 0 Å². The summed E-state index contributed by atoms with van der Waals surface area (Å²) >= 11 is 0. The van der Waals surface area contributed by atoms with Crippen molar-refractivity contribution in [3.05, 3.63) is 127 Å². The Morgan fingerprint density at radius 1 is 0.559 bits per heavy atom. The fourth-order valence-electron chi connectivity index (χ4n) is 4.60. The second-order valence-electron chi connectivity index (χ2n) is 8.29. The zero-order valence-electron chi connectivity index (χ0n) is 18.6. The molecule has 2 N–H and O–H groups in total. The first kappa shape index (κ1) is 20.0. The molecule has 0 aliphatic rings. The summed E-state index contributed by atoms with van der Waals surface area (Å²) in [5, 5.41) is 2.34. The lowest BCUT2D eigenvalue weighted by Gasteiger charge is -2.16. The molecule has 1 heterocycles. The molecule has 0 unspecified atom stereocenters. The van der Waals surface area contributed by atoms with Gasteiger partial charge in [-0.1, -0.05) is 109 Å². The standard InChI is InChI=1S/C31H23N3/c32-27-20-10-9-19-26(27)31-33-29(23-13-3-1-4-14-23)30(24-15-5-2-6-16-24)34(31)28-21-11-17-22-12-7-8-18-25(22)28/h1-21H,32H2. The van der Waals surface area contributed by atoms with E-state index in [0.717, 1.165) is 45.0 Å². The molecule has 0 aliphatic heterocycles. The molecule has 0 bridgehead atoms. The maximum absolute atomic E-state index is 6.50. The molecule has 0 atom stereocenters. The molecule has 6 rings (SSSR count). The average Bonchev–Trinajstić information content (AvgIpc) is 3.30. The van der Waals surface area contributed by atoms with Gasteiger partial charge in [0.1, 0.15) is 5.82 Å². The van der Waals surface area contributed by atoms with Crippen LogP contribution in [0.3, 0.4) is 0 Å². The molecule has 0 fully saturated rings. The zero-order chi connectivity index (χ0) is 22.9. The summed E-state index contributed by atoms with van der Waals surface area (Å²) < 4.78 is 2.27. The number of fused-ring (bicyclic) bond motifs is 1. The highest BCUT2D eigenvalue weighted by molar-refractivity contribution is 5.94. The van der Waals surface area contributed by atoms with E-state index in [0.29, 0.717) is 5.69 Å². The molecule has 1 aromatic heterocycles. The highest BCUT2D eigenvalue weighted by Crippen LogP contribution is 2.41. The molecule has 0 saturated carbocycles. The maximum Gasteiger partial charge on any atom is 0.147 e. The number of imidazole rings is 1. The Balaban J connectivity index is 1.79. The molecule has 3 nitrogen and oxygen atoms in total. The van der Waals surface area contributed by atoms with Crippen molar-refractivity contribution in [3.63, 3.8) is 0 Å². The minimum absolute atomic E-state index is 0.702. The van der Waals surface area contributed by atoms with E-state index in [1.807, 2.05) is 36.4 Å². The lowest BCUT2D eigenvalue weighted by molar-refractivity contribution is 1.09. The molecule has 0 aliphatic carbocycles. The van der Waals surface area contributed by atoms with Gasteiger partial charge in [0.15, 0.2) is 0 Å². The Labute approximate surface area is 198 Å². The van der Waals surface area contributed by atoms with Crippen molar-refractivity contribution in [1.29, 1.82) is 0 Å². The molecule has 0 radical (unpaired) electrons. The maximum atomic E-state index is 6.50. The first-order valence-corrected chi connectivity index (χ1v) is 11.4. The second-order valence-corrected chi connectivity index (χ2v) is 8.29. The monoisotopic (exact) mass is 437 g/mol. The predicted octanol–water partition coefficient (Wildman–Crippen LogP) is 7.61. The molecular formula is C31H23N3. The van der Waals surface area contributed by atoms with Crippen LogP contribution in [0.1, 0.15) is 0 Å². The van der Waals surface area contributed by atoms with Crippen LogP contribution in [0.4, 0.5) is 5.69 Å². The van der Waals surface area contributed by atoms with Crippen LogP contribution in [0, 0.1) is 0 Å². The topological polar surface area (TPSA) is 43.8 Å². The molecule has 34 heavy (non-hydrogen) atoms. The molecule has 162 valence electrons. The molecule has 0 amide bonds. The van der Waals surface area contributed by atoms with E-state index in [4.69, 9.17) is 10.7 Å². The molecular weight excluding hydrogens is 414 g/mol. The molecule has 5 aromatic carbocycles. The number of hydrogen-bond donors (Lipinski definition) is 1. The van der Waals surface area contributed by atoms with Crippen molar-refractivity contribution in [2.45, 2.75) is 0 Å². The number of anilines is 1. The Bertz CT molecular complexity index is 1590. The third-order valence-electron chi connectivity index (χ3n) is 6.18. The van der Waals surface area contributed by atoms with E-state index in [2.05, 4.69) is 95.6 Å². The van der Waals surface area contributed by atoms with Crippen molar-refractivity contribution in [1.82, 2.24) is 9.55 Å². The van der Waals surface area contributed by atoms with Crippen molar-refractivity contribution >= 4 is 16.5 Å². The van der Waals surface area contributed by atoms with Gasteiger partial charge in [0, 0.05) is 27.8 Å². The summed E-state index contributed by atoms with van der Waals surface area (Å²) in [5.41, 5.74) is 13.3. The van der Waals surface area contributed by atoms with E-state index in [1.54, 1.807) is 0 Å². The largest absolute Gasteiger partial charge is 0.398 e. The molecule has 0 saturated heterocycles. The molecule has 3 heteroatoms. The smallest absolute Gasteiger partial charge is 0.147 e. The van der Waals surface area contributed by atoms with E-state index in [-0.39, 0.29) is 0 Å². The third kappa shape index (κ3) is 3.35. The molecule has 6 aromatic rings. The number of rotatable bonds is 4. The fourth-order valence-corrected chi connectivity index (χ4v) is 4.60. The van der Waals surface area contributed by atoms with E-state index >= 15 is 0 Å². The van der Waals surface area contributed by atoms with Gasteiger partial charge in [0.25, 0.3) is 0 Å². The highest BCUT2D eigenvalue weighted by Gasteiger charge is 2.24. The van der Waals surface area contributed by atoms with Gasteiger partial charge in [-0.15, -0.1) is 0 Å². The predicted molar refractivity (Wildman–Crippen MR) is 142 cm³/mol. The van der Waals surface area contributed by atoms with E-state index in [9.17, 15) is 0 Å². The summed E-state index contributed by atoms with van der Waals surface area (Å²) in [5.74, 6) is 0.826. The number of nitrogen functional groups attached to an aromatic ring is 1. The highest BCUT2D eigenvalue weighted by atomic mass is 15.1. The minimum Gasteiger partial charge on any atom is -0.398 e. The van der Waals surface area contributed by atoms with Gasteiger partial charge in [-0.3, -0.25) is 4.57 Å². The Morgan fingerprint density at radius 2 is 1.18 bits per heavy atom. The Hall–Kier alpha value is -4.63. The van der Waals surface area contributed by atoms with Crippen molar-refractivity contribution in [2.24, 2.45) is 0 Å². The quantitative estimate of drug-likeness (QED) is 0.288. The summed E-state index contributed by atoms with van der Waals surface area (Å²) in [6.07, 6.45) is 0. The number of nitrogens with two attached hydrogens (primary N) is 1. The van der Waals surface area contributed by atoms with Crippen molar-refractivity contribution in [3.8, 4) is 39.6 Å². The van der Waals surface area contributed by atoms with Gasteiger partial charge < -0.3 is 5.73 Å². The SMILES string of the molecule is Nc1ccccc1-c1nc(-c2ccccc2)c(-c2ccccc2)n1-c1cccc2ccccc12. The van der Waals surface area contributed by atoms with Gasteiger partial charge >= 0.3 is 0 Å². The number of nitrogens with zero attached hydrogens (tertiary/aromatic N) is 2. The van der Waals surface area contributed by atoms with Gasteiger partial charge in [-0.2, -0.15) is 0 Å². The summed E-state index contributed by atoms with van der Waals surface area (Å²) in [6.45, 7) is 0. The second kappa shape index (κ2) is 8.38. The zero-order valence-corrected chi connectivity index (χ0v) is 18.6. The van der Waals surface area contributed by atoms with E-state index < -0.39 is 0 Å². The first-order valence-electron chi connectivity index (χ1n) is 11.4. The van der Waals surface area contributed by atoms with Crippen LogP contribution in [0.2, 0.25) is 0 Å². The third-order valence-corrected chi connectivity index (χ3v) is 6.18. The average molecular weight is 438 g/mol. The van der Waals surface area contributed by atoms with Gasteiger partial charge in [0.05, 0.1) is 17.1 Å². The van der Waals surface area contributed by atoms with E-state index in [1.165, 1.54) is 5.39 Å². The van der Waals surface area contributed by atoms with Crippen LogP contribution in [-0.2, 0) is 0 Å². The summed E-state index contributed by atoms with van der Waals surface area (Å²) in [7, 11) is 0. The Kier molecular flexibility index (Phi) is 4.93. The van der Waals surface area contributed by atoms with Crippen molar-refractivity contribution < 1.29 is 0 Å². The van der Waals surface area contributed by atoms with Crippen LogP contribution in [0.25, 0.3) is 50.4 Å². The van der Waals surface area contributed by atoms with Gasteiger partial charge in [-0.25, -0.2) is 4.98 Å². The lowest BCUT2D eigenvalue weighted by Crippen LogP contribution is -2.02.